The van der Waals surface area contributed by atoms with Gasteiger partial charge in [0.25, 0.3) is 0 Å². The minimum Gasteiger partial charge on any atom is -0.486 e. The first-order valence-corrected chi connectivity index (χ1v) is 8.91. The number of rotatable bonds is 6. The highest BCUT2D eigenvalue weighted by atomic mass is 35.5. The molecule has 3 aromatic rings. The van der Waals surface area contributed by atoms with Crippen molar-refractivity contribution in [2.75, 3.05) is 5.32 Å². The number of hydrogen-bond acceptors (Lipinski definition) is 5. The van der Waals surface area contributed by atoms with E-state index in [4.69, 9.17) is 27.9 Å². The van der Waals surface area contributed by atoms with E-state index in [1.54, 1.807) is 36.4 Å². The first-order valence-electron chi connectivity index (χ1n) is 7.33. The number of carbonyl (C=O) groups excluding carboxylic acids is 1. The van der Waals surface area contributed by atoms with Crippen LogP contribution >= 0.6 is 34.5 Å². The molecule has 8 heteroatoms. The molecular formula is C17H13Cl2N3O2S. The maximum atomic E-state index is 12.0. The fourth-order valence-corrected chi connectivity index (χ4v) is 2.91. The third-order valence-corrected chi connectivity index (χ3v) is 4.48. The number of nitrogens with one attached hydrogen (secondary N) is 1. The highest BCUT2D eigenvalue weighted by Crippen LogP contribution is 2.20. The molecular weight excluding hydrogens is 381 g/mol. The summed E-state index contributed by atoms with van der Waals surface area (Å²) in [4.78, 5) is 12.0. The van der Waals surface area contributed by atoms with Crippen LogP contribution < -0.4 is 10.1 Å². The van der Waals surface area contributed by atoms with E-state index in [1.165, 1.54) is 11.3 Å². The number of carbonyl (C=O) groups is 1. The summed E-state index contributed by atoms with van der Waals surface area (Å²) in [6, 6.07) is 14.2. The lowest BCUT2D eigenvalue weighted by Crippen LogP contribution is -2.14. The van der Waals surface area contributed by atoms with Gasteiger partial charge in [-0.25, -0.2) is 0 Å². The van der Waals surface area contributed by atoms with Crippen LogP contribution in [-0.4, -0.2) is 16.1 Å². The van der Waals surface area contributed by atoms with Gasteiger partial charge < -0.3 is 10.1 Å². The van der Waals surface area contributed by atoms with Gasteiger partial charge in [-0.15, -0.1) is 10.2 Å². The van der Waals surface area contributed by atoms with E-state index in [2.05, 4.69) is 15.5 Å². The van der Waals surface area contributed by atoms with Gasteiger partial charge in [0, 0.05) is 10.0 Å². The number of benzene rings is 2. The van der Waals surface area contributed by atoms with Crippen molar-refractivity contribution in [1.82, 2.24) is 10.2 Å². The molecule has 0 fully saturated rings. The van der Waals surface area contributed by atoms with Gasteiger partial charge in [0.1, 0.15) is 12.4 Å². The predicted octanol–water partition coefficient (Wildman–Crippen LogP) is 4.61. The lowest BCUT2D eigenvalue weighted by Gasteiger charge is -2.03. The van der Waals surface area contributed by atoms with Crippen LogP contribution in [0, 0.1) is 0 Å². The summed E-state index contributed by atoms with van der Waals surface area (Å²) in [5.41, 5.74) is 0.873. The van der Waals surface area contributed by atoms with E-state index < -0.39 is 0 Å². The lowest BCUT2D eigenvalue weighted by atomic mass is 10.1. The van der Waals surface area contributed by atoms with Gasteiger partial charge in [-0.2, -0.15) is 0 Å². The Morgan fingerprint density at radius 2 is 1.64 bits per heavy atom. The minimum atomic E-state index is -0.163. The van der Waals surface area contributed by atoms with Gasteiger partial charge in [0.2, 0.25) is 11.0 Å². The highest BCUT2D eigenvalue weighted by molar-refractivity contribution is 7.15. The molecule has 0 spiro atoms. The topological polar surface area (TPSA) is 64.1 Å². The molecule has 1 heterocycles. The molecule has 1 N–H and O–H groups in total. The zero-order chi connectivity index (χ0) is 17.6. The van der Waals surface area contributed by atoms with Crippen molar-refractivity contribution in [1.29, 1.82) is 0 Å². The maximum Gasteiger partial charge on any atom is 0.230 e. The van der Waals surface area contributed by atoms with Crippen LogP contribution in [0.2, 0.25) is 10.0 Å². The summed E-state index contributed by atoms with van der Waals surface area (Å²) in [6.45, 7) is 0.270. The van der Waals surface area contributed by atoms with E-state index in [0.717, 1.165) is 5.56 Å². The van der Waals surface area contributed by atoms with Crippen LogP contribution in [0.25, 0.3) is 0 Å². The third kappa shape index (κ3) is 5.42. The van der Waals surface area contributed by atoms with Gasteiger partial charge in [-0.1, -0.05) is 46.7 Å². The number of nitrogens with zero attached hydrogens (tertiary/aromatic N) is 2. The monoisotopic (exact) mass is 393 g/mol. The molecule has 0 radical (unpaired) electrons. The van der Waals surface area contributed by atoms with Crippen molar-refractivity contribution in [2.45, 2.75) is 13.0 Å². The molecule has 25 heavy (non-hydrogen) atoms. The summed E-state index contributed by atoms with van der Waals surface area (Å²) >= 11 is 12.9. The molecule has 1 amide bonds. The second-order valence-electron chi connectivity index (χ2n) is 5.09. The van der Waals surface area contributed by atoms with E-state index in [1.807, 2.05) is 12.1 Å². The second-order valence-corrected chi connectivity index (χ2v) is 7.03. The molecule has 0 aliphatic carbocycles. The summed E-state index contributed by atoms with van der Waals surface area (Å²) < 4.78 is 5.60. The Hall–Kier alpha value is -2.15. The van der Waals surface area contributed by atoms with Crippen molar-refractivity contribution in [3.63, 3.8) is 0 Å². The molecule has 0 saturated carbocycles. The Morgan fingerprint density at radius 1 is 1.00 bits per heavy atom. The van der Waals surface area contributed by atoms with Gasteiger partial charge >= 0.3 is 0 Å². The zero-order valence-electron chi connectivity index (χ0n) is 12.9. The Morgan fingerprint density at radius 3 is 2.32 bits per heavy atom. The third-order valence-electron chi connectivity index (χ3n) is 3.17. The molecule has 0 aliphatic heterocycles. The van der Waals surface area contributed by atoms with Crippen molar-refractivity contribution in [3.05, 3.63) is 69.1 Å². The molecule has 0 bridgehead atoms. The Kier molecular flexibility index (Phi) is 5.86. The first kappa shape index (κ1) is 17.7. The average Bonchev–Trinajstić information content (AvgIpc) is 3.04. The lowest BCUT2D eigenvalue weighted by molar-refractivity contribution is -0.115. The SMILES string of the molecule is O=C(Cc1ccc(Cl)cc1)Nc1nnc(COc2ccc(Cl)cc2)s1. The molecule has 0 unspecified atom stereocenters. The van der Waals surface area contributed by atoms with Crippen LogP contribution in [0.3, 0.4) is 0 Å². The van der Waals surface area contributed by atoms with Crippen LogP contribution in [0.5, 0.6) is 5.75 Å². The number of aromatic nitrogens is 2. The summed E-state index contributed by atoms with van der Waals surface area (Å²) in [5, 5.41) is 13.1. The van der Waals surface area contributed by atoms with Gasteiger partial charge in [0.15, 0.2) is 5.01 Å². The van der Waals surface area contributed by atoms with E-state index in [9.17, 15) is 4.79 Å². The highest BCUT2D eigenvalue weighted by Gasteiger charge is 2.09. The normalized spacial score (nSPS) is 10.5. The summed E-state index contributed by atoms with van der Waals surface area (Å²) in [6.07, 6.45) is 0.243. The zero-order valence-corrected chi connectivity index (χ0v) is 15.2. The van der Waals surface area contributed by atoms with Gasteiger partial charge in [-0.3, -0.25) is 4.79 Å². The largest absolute Gasteiger partial charge is 0.486 e. The van der Waals surface area contributed by atoms with Crippen molar-refractivity contribution in [2.24, 2.45) is 0 Å². The Bertz CT molecular complexity index is 851. The fraction of sp³-hybridized carbons (Fsp3) is 0.118. The number of halogens is 2. The van der Waals surface area contributed by atoms with Gasteiger partial charge in [-0.05, 0) is 42.0 Å². The molecule has 0 saturated heterocycles. The summed E-state index contributed by atoms with van der Waals surface area (Å²) in [7, 11) is 0. The fourth-order valence-electron chi connectivity index (χ4n) is 1.99. The van der Waals surface area contributed by atoms with E-state index in [0.29, 0.717) is 25.9 Å². The standard InChI is InChI=1S/C17H13Cl2N3O2S/c18-12-3-1-11(2-4-12)9-15(23)20-17-22-21-16(25-17)10-24-14-7-5-13(19)6-8-14/h1-8H,9-10H2,(H,20,22,23). The molecule has 0 aliphatic rings. The first-order chi connectivity index (χ1) is 12.1. The molecule has 128 valence electrons. The predicted molar refractivity (Wildman–Crippen MR) is 99.5 cm³/mol. The number of hydrogen-bond donors (Lipinski definition) is 1. The number of amides is 1. The minimum absolute atomic E-state index is 0.163. The van der Waals surface area contributed by atoms with Crippen LogP contribution in [0.15, 0.2) is 48.5 Å². The molecule has 3 rings (SSSR count). The number of ether oxygens (including phenoxy) is 1. The molecule has 5 nitrogen and oxygen atoms in total. The van der Waals surface area contributed by atoms with Crippen LogP contribution in [0.4, 0.5) is 5.13 Å². The van der Waals surface area contributed by atoms with Crippen molar-refractivity contribution >= 4 is 45.6 Å². The maximum absolute atomic E-state index is 12.0. The summed E-state index contributed by atoms with van der Waals surface area (Å²) in [5.74, 6) is 0.525. The quantitative estimate of drug-likeness (QED) is 0.664. The number of anilines is 1. The van der Waals surface area contributed by atoms with Crippen molar-refractivity contribution < 1.29 is 9.53 Å². The Balaban J connectivity index is 1.51. The molecule has 2 aromatic carbocycles. The average molecular weight is 394 g/mol. The van der Waals surface area contributed by atoms with Crippen molar-refractivity contribution in [3.8, 4) is 5.75 Å². The van der Waals surface area contributed by atoms with E-state index >= 15 is 0 Å². The second kappa shape index (κ2) is 8.29. The van der Waals surface area contributed by atoms with Crippen LogP contribution in [0.1, 0.15) is 10.6 Å². The van der Waals surface area contributed by atoms with Gasteiger partial charge in [0.05, 0.1) is 6.42 Å². The smallest absolute Gasteiger partial charge is 0.230 e. The van der Waals surface area contributed by atoms with Crippen LogP contribution in [-0.2, 0) is 17.8 Å². The Labute approximate surface area is 158 Å². The van der Waals surface area contributed by atoms with E-state index in [-0.39, 0.29) is 18.9 Å². The molecule has 0 atom stereocenters. The molecule has 1 aromatic heterocycles.